The average molecular weight is 340 g/mol. The SMILES string of the molecule is O=C(CCC(=O)c1ccc(F)cc1)Nc1cccc(Cl)c1Cl. The van der Waals surface area contributed by atoms with Gasteiger partial charge < -0.3 is 5.32 Å². The second-order valence-corrected chi connectivity index (χ2v) is 5.36. The van der Waals surface area contributed by atoms with E-state index >= 15 is 0 Å². The minimum atomic E-state index is -0.412. The molecule has 0 unspecified atom stereocenters. The molecule has 22 heavy (non-hydrogen) atoms. The van der Waals surface area contributed by atoms with Crippen LogP contribution in [-0.4, -0.2) is 11.7 Å². The molecule has 0 spiro atoms. The predicted molar refractivity (Wildman–Crippen MR) is 85.1 cm³/mol. The highest BCUT2D eigenvalue weighted by atomic mass is 35.5. The molecule has 1 N–H and O–H groups in total. The van der Waals surface area contributed by atoms with Crippen LogP contribution in [0, 0.1) is 5.82 Å². The summed E-state index contributed by atoms with van der Waals surface area (Å²) in [5.74, 6) is -0.989. The first-order valence-corrected chi connectivity index (χ1v) is 7.25. The third kappa shape index (κ3) is 4.29. The molecule has 2 rings (SSSR count). The molecule has 0 saturated heterocycles. The van der Waals surface area contributed by atoms with Crippen LogP contribution in [0.2, 0.25) is 10.0 Å². The average Bonchev–Trinajstić information content (AvgIpc) is 2.50. The Morgan fingerprint density at radius 2 is 1.68 bits per heavy atom. The molecule has 0 saturated carbocycles. The van der Waals surface area contributed by atoms with Gasteiger partial charge in [-0.3, -0.25) is 9.59 Å². The second kappa shape index (κ2) is 7.38. The van der Waals surface area contributed by atoms with Crippen molar-refractivity contribution < 1.29 is 14.0 Å². The number of hydrogen-bond acceptors (Lipinski definition) is 2. The van der Waals surface area contributed by atoms with E-state index in [9.17, 15) is 14.0 Å². The van der Waals surface area contributed by atoms with Gasteiger partial charge in [-0.25, -0.2) is 4.39 Å². The Hall–Kier alpha value is -1.91. The summed E-state index contributed by atoms with van der Waals surface area (Å²) in [6.45, 7) is 0. The number of carbonyl (C=O) groups is 2. The molecule has 0 aliphatic heterocycles. The number of benzene rings is 2. The summed E-state index contributed by atoms with van der Waals surface area (Å²) in [5, 5.41) is 3.19. The van der Waals surface area contributed by atoms with Crippen molar-refractivity contribution in [3.8, 4) is 0 Å². The fourth-order valence-corrected chi connectivity index (χ4v) is 2.17. The van der Waals surface area contributed by atoms with Gasteiger partial charge in [0.05, 0.1) is 15.7 Å². The maximum absolute atomic E-state index is 12.8. The summed E-state index contributed by atoms with van der Waals surface area (Å²) >= 11 is 11.8. The molecule has 1 amide bonds. The molecule has 2 aromatic rings. The van der Waals surface area contributed by atoms with Gasteiger partial charge in [-0.2, -0.15) is 0 Å². The smallest absolute Gasteiger partial charge is 0.224 e. The van der Waals surface area contributed by atoms with Crippen LogP contribution in [0.3, 0.4) is 0 Å². The Balaban J connectivity index is 1.91. The lowest BCUT2D eigenvalue weighted by molar-refractivity contribution is -0.116. The topological polar surface area (TPSA) is 46.2 Å². The quantitative estimate of drug-likeness (QED) is 0.800. The summed E-state index contributed by atoms with van der Waals surface area (Å²) in [5.41, 5.74) is 0.767. The van der Waals surface area contributed by atoms with E-state index in [1.807, 2.05) is 0 Å². The monoisotopic (exact) mass is 339 g/mol. The maximum Gasteiger partial charge on any atom is 0.224 e. The molecule has 0 heterocycles. The van der Waals surface area contributed by atoms with Gasteiger partial charge in [-0.05, 0) is 36.4 Å². The lowest BCUT2D eigenvalue weighted by Crippen LogP contribution is -2.13. The lowest BCUT2D eigenvalue weighted by Gasteiger charge is -2.08. The number of anilines is 1. The normalized spacial score (nSPS) is 10.3. The van der Waals surface area contributed by atoms with Crippen molar-refractivity contribution in [1.29, 1.82) is 0 Å². The van der Waals surface area contributed by atoms with Crippen molar-refractivity contribution >= 4 is 40.6 Å². The molecule has 0 aliphatic rings. The molecule has 114 valence electrons. The Morgan fingerprint density at radius 1 is 1.00 bits per heavy atom. The Morgan fingerprint density at radius 3 is 2.36 bits per heavy atom. The van der Waals surface area contributed by atoms with Gasteiger partial charge in [0.1, 0.15) is 5.82 Å². The van der Waals surface area contributed by atoms with E-state index in [1.165, 1.54) is 24.3 Å². The number of ketones is 1. The highest BCUT2D eigenvalue weighted by molar-refractivity contribution is 6.43. The maximum atomic E-state index is 12.8. The molecule has 3 nitrogen and oxygen atoms in total. The van der Waals surface area contributed by atoms with E-state index in [1.54, 1.807) is 18.2 Å². The Bertz CT molecular complexity index is 702. The summed E-state index contributed by atoms with van der Waals surface area (Å²) in [6.07, 6.45) is 0.0225. The number of hydrogen-bond donors (Lipinski definition) is 1. The van der Waals surface area contributed by atoms with Crippen LogP contribution in [-0.2, 0) is 4.79 Å². The van der Waals surface area contributed by atoms with Crippen molar-refractivity contribution in [3.63, 3.8) is 0 Å². The molecule has 0 aliphatic carbocycles. The van der Waals surface area contributed by atoms with Gasteiger partial charge in [0, 0.05) is 18.4 Å². The number of Topliss-reactive ketones (excluding diaryl/α,β-unsaturated/α-hetero) is 1. The van der Waals surface area contributed by atoms with Gasteiger partial charge in [-0.15, -0.1) is 0 Å². The summed E-state index contributed by atoms with van der Waals surface area (Å²) < 4.78 is 12.8. The van der Waals surface area contributed by atoms with Crippen LogP contribution in [0.5, 0.6) is 0 Å². The van der Waals surface area contributed by atoms with Gasteiger partial charge in [0.15, 0.2) is 5.78 Å². The van der Waals surface area contributed by atoms with Crippen molar-refractivity contribution in [2.75, 3.05) is 5.32 Å². The van der Waals surface area contributed by atoms with Crippen LogP contribution in [0.4, 0.5) is 10.1 Å². The largest absolute Gasteiger partial charge is 0.325 e. The first-order chi connectivity index (χ1) is 10.5. The molecule has 0 fully saturated rings. The predicted octanol–water partition coefficient (Wildman–Crippen LogP) is 4.73. The molecule has 0 aromatic heterocycles. The fraction of sp³-hybridized carbons (Fsp3) is 0.125. The third-order valence-electron chi connectivity index (χ3n) is 2.97. The van der Waals surface area contributed by atoms with E-state index in [0.29, 0.717) is 16.3 Å². The highest BCUT2D eigenvalue weighted by Crippen LogP contribution is 2.29. The summed E-state index contributed by atoms with van der Waals surface area (Å²) in [6, 6.07) is 10.1. The van der Waals surface area contributed by atoms with E-state index in [-0.39, 0.29) is 29.6 Å². The van der Waals surface area contributed by atoms with Crippen LogP contribution >= 0.6 is 23.2 Å². The van der Waals surface area contributed by atoms with Crippen LogP contribution in [0.15, 0.2) is 42.5 Å². The second-order valence-electron chi connectivity index (χ2n) is 4.58. The van der Waals surface area contributed by atoms with E-state index in [0.717, 1.165) is 0 Å². The van der Waals surface area contributed by atoms with E-state index in [4.69, 9.17) is 23.2 Å². The first-order valence-electron chi connectivity index (χ1n) is 6.50. The zero-order valence-electron chi connectivity index (χ0n) is 11.4. The Labute approximate surface area is 137 Å². The van der Waals surface area contributed by atoms with Crippen LogP contribution in [0.1, 0.15) is 23.2 Å². The molecule has 0 bridgehead atoms. The lowest BCUT2D eigenvalue weighted by atomic mass is 10.1. The van der Waals surface area contributed by atoms with Gasteiger partial charge in [0.2, 0.25) is 5.91 Å². The molecular weight excluding hydrogens is 328 g/mol. The molecule has 2 aromatic carbocycles. The summed E-state index contributed by atoms with van der Waals surface area (Å²) in [7, 11) is 0. The van der Waals surface area contributed by atoms with Crippen LogP contribution < -0.4 is 5.32 Å². The first kappa shape index (κ1) is 16.5. The molecule has 0 atom stereocenters. The van der Waals surface area contributed by atoms with Crippen molar-refractivity contribution in [1.82, 2.24) is 0 Å². The molecule has 6 heteroatoms. The number of amides is 1. The molecular formula is C16H12Cl2FNO2. The summed E-state index contributed by atoms with van der Waals surface area (Å²) in [4.78, 5) is 23.7. The van der Waals surface area contributed by atoms with Crippen molar-refractivity contribution in [2.45, 2.75) is 12.8 Å². The highest BCUT2D eigenvalue weighted by Gasteiger charge is 2.11. The zero-order chi connectivity index (χ0) is 16.1. The van der Waals surface area contributed by atoms with Crippen molar-refractivity contribution in [3.05, 3.63) is 63.9 Å². The minimum absolute atomic E-state index is 0.000940. The number of nitrogens with one attached hydrogen (secondary N) is 1. The standard InChI is InChI=1S/C16H12Cl2FNO2/c17-12-2-1-3-13(16(12)18)20-15(22)9-8-14(21)10-4-6-11(19)7-5-10/h1-7H,8-9H2,(H,20,22). The fourth-order valence-electron chi connectivity index (χ4n) is 1.82. The Kier molecular flexibility index (Phi) is 5.52. The van der Waals surface area contributed by atoms with Gasteiger partial charge in [0.25, 0.3) is 0 Å². The number of halogens is 3. The number of rotatable bonds is 5. The van der Waals surface area contributed by atoms with Gasteiger partial charge >= 0.3 is 0 Å². The zero-order valence-corrected chi connectivity index (χ0v) is 12.9. The number of carbonyl (C=O) groups excluding carboxylic acids is 2. The van der Waals surface area contributed by atoms with E-state index in [2.05, 4.69) is 5.32 Å². The van der Waals surface area contributed by atoms with Gasteiger partial charge in [-0.1, -0.05) is 29.3 Å². The molecule has 0 radical (unpaired) electrons. The van der Waals surface area contributed by atoms with Crippen LogP contribution in [0.25, 0.3) is 0 Å². The minimum Gasteiger partial charge on any atom is -0.325 e. The van der Waals surface area contributed by atoms with E-state index < -0.39 is 5.82 Å². The third-order valence-corrected chi connectivity index (χ3v) is 3.79. The van der Waals surface area contributed by atoms with Crippen molar-refractivity contribution in [2.24, 2.45) is 0 Å².